The lowest BCUT2D eigenvalue weighted by molar-refractivity contribution is 0.373. The molecule has 1 fully saturated rings. The van der Waals surface area contributed by atoms with Gasteiger partial charge in [-0.3, -0.25) is 0 Å². The van der Waals surface area contributed by atoms with E-state index in [1.54, 1.807) is 7.11 Å². The molecule has 1 aliphatic rings. The van der Waals surface area contributed by atoms with Crippen LogP contribution in [0.15, 0.2) is 21.1 Å². The Morgan fingerprint density at radius 1 is 1.30 bits per heavy atom. The van der Waals surface area contributed by atoms with Gasteiger partial charge < -0.3 is 10.1 Å². The highest BCUT2D eigenvalue weighted by Gasteiger charge is 2.24. The van der Waals surface area contributed by atoms with Crippen LogP contribution >= 0.6 is 43.6 Å². The number of methoxy groups -OCH3 is 1. The average Bonchev–Trinajstić information content (AvgIpc) is 2.45. The number of benzene rings is 1. The second-order valence-electron chi connectivity index (χ2n) is 5.13. The van der Waals surface area contributed by atoms with Crippen LogP contribution in [0.25, 0.3) is 0 Å². The van der Waals surface area contributed by atoms with Crippen LogP contribution in [0.1, 0.15) is 31.2 Å². The average molecular weight is 423 g/mol. The third-order valence-electron chi connectivity index (χ3n) is 3.85. The third-order valence-corrected chi connectivity index (χ3v) is 6.07. The fourth-order valence-corrected chi connectivity index (χ4v) is 5.27. The summed E-state index contributed by atoms with van der Waals surface area (Å²) < 4.78 is 7.58. The molecule has 0 spiro atoms. The zero-order valence-electron chi connectivity index (χ0n) is 11.9. The predicted molar refractivity (Wildman–Crippen MR) is 94.8 cm³/mol. The van der Waals surface area contributed by atoms with Crippen molar-refractivity contribution in [1.82, 2.24) is 5.32 Å². The van der Waals surface area contributed by atoms with Crippen molar-refractivity contribution in [3.8, 4) is 5.75 Å². The van der Waals surface area contributed by atoms with E-state index in [0.717, 1.165) is 26.5 Å². The quantitative estimate of drug-likeness (QED) is 0.722. The second kappa shape index (κ2) is 8.06. The molecule has 0 aliphatic heterocycles. The predicted octanol–water partition coefficient (Wildman–Crippen LogP) is 4.98. The summed E-state index contributed by atoms with van der Waals surface area (Å²) in [6.45, 7) is 0.850. The van der Waals surface area contributed by atoms with E-state index in [9.17, 15) is 0 Å². The lowest BCUT2D eigenvalue weighted by Gasteiger charge is -2.31. The van der Waals surface area contributed by atoms with E-state index in [2.05, 4.69) is 49.5 Å². The van der Waals surface area contributed by atoms with E-state index in [0.29, 0.717) is 6.04 Å². The van der Waals surface area contributed by atoms with Crippen LogP contribution in [0, 0.1) is 0 Å². The molecule has 0 heterocycles. The van der Waals surface area contributed by atoms with Gasteiger partial charge in [0.15, 0.2) is 0 Å². The number of nitrogens with one attached hydrogen (secondary N) is 1. The van der Waals surface area contributed by atoms with Crippen molar-refractivity contribution in [3.05, 3.63) is 26.6 Å². The van der Waals surface area contributed by atoms with Gasteiger partial charge in [-0.2, -0.15) is 11.8 Å². The number of hydrogen-bond donors (Lipinski definition) is 1. The third kappa shape index (κ3) is 4.15. The molecule has 0 amide bonds. The van der Waals surface area contributed by atoms with Crippen molar-refractivity contribution in [2.24, 2.45) is 0 Å². The van der Waals surface area contributed by atoms with Crippen LogP contribution in [-0.4, -0.2) is 24.7 Å². The molecule has 112 valence electrons. The highest BCUT2D eigenvalue weighted by molar-refractivity contribution is 9.11. The minimum absolute atomic E-state index is 0.612. The number of thioether (sulfide) groups is 1. The Kier molecular flexibility index (Phi) is 6.72. The Balaban J connectivity index is 2.06. The molecule has 2 nitrogen and oxygen atoms in total. The first-order valence-corrected chi connectivity index (χ1v) is 9.81. The molecule has 0 bridgehead atoms. The summed E-state index contributed by atoms with van der Waals surface area (Å²) in [4.78, 5) is 0. The number of hydrogen-bond acceptors (Lipinski definition) is 3. The van der Waals surface area contributed by atoms with E-state index in [-0.39, 0.29) is 0 Å². The van der Waals surface area contributed by atoms with Crippen molar-refractivity contribution in [2.45, 2.75) is 43.5 Å². The molecule has 0 saturated heterocycles. The first-order chi connectivity index (χ1) is 9.65. The molecule has 0 radical (unpaired) electrons. The smallest absolute Gasteiger partial charge is 0.137 e. The lowest BCUT2D eigenvalue weighted by atomic mass is 9.94. The van der Waals surface area contributed by atoms with Crippen LogP contribution in [-0.2, 0) is 6.54 Å². The summed E-state index contributed by atoms with van der Waals surface area (Å²) in [5, 5.41) is 4.47. The highest BCUT2D eigenvalue weighted by Crippen LogP contribution is 2.33. The Morgan fingerprint density at radius 2 is 2.05 bits per heavy atom. The second-order valence-corrected chi connectivity index (χ2v) is 7.97. The van der Waals surface area contributed by atoms with E-state index >= 15 is 0 Å². The molecular formula is C15H21Br2NOS. The van der Waals surface area contributed by atoms with Crippen LogP contribution in [0.5, 0.6) is 5.75 Å². The Hall–Kier alpha value is 0.290. The number of halogens is 2. The van der Waals surface area contributed by atoms with Crippen molar-refractivity contribution < 1.29 is 4.74 Å². The van der Waals surface area contributed by atoms with Crippen LogP contribution in [0.4, 0.5) is 0 Å². The monoisotopic (exact) mass is 421 g/mol. The van der Waals surface area contributed by atoms with Crippen LogP contribution < -0.4 is 10.1 Å². The van der Waals surface area contributed by atoms with Crippen molar-refractivity contribution in [3.63, 3.8) is 0 Å². The first kappa shape index (κ1) is 16.7. The zero-order chi connectivity index (χ0) is 14.5. The number of rotatable bonds is 5. The van der Waals surface area contributed by atoms with Gasteiger partial charge in [-0.1, -0.05) is 28.8 Å². The normalized spacial score (nSPS) is 22.8. The number of ether oxygens (including phenoxy) is 1. The molecule has 2 unspecified atom stereocenters. The van der Waals surface area contributed by atoms with Gasteiger partial charge in [0.25, 0.3) is 0 Å². The van der Waals surface area contributed by atoms with Gasteiger partial charge in [0.1, 0.15) is 5.75 Å². The van der Waals surface area contributed by atoms with Gasteiger partial charge in [-0.05, 0) is 47.2 Å². The van der Waals surface area contributed by atoms with Crippen molar-refractivity contribution in [1.29, 1.82) is 0 Å². The van der Waals surface area contributed by atoms with Gasteiger partial charge in [-0.15, -0.1) is 0 Å². The highest BCUT2D eigenvalue weighted by atomic mass is 79.9. The summed E-state index contributed by atoms with van der Waals surface area (Å²) in [7, 11) is 1.73. The molecule has 1 N–H and O–H groups in total. The lowest BCUT2D eigenvalue weighted by Crippen LogP contribution is -2.40. The Labute approximate surface area is 142 Å². The molecule has 1 aliphatic carbocycles. The van der Waals surface area contributed by atoms with Gasteiger partial charge in [-0.25, -0.2) is 0 Å². The first-order valence-electron chi connectivity index (χ1n) is 6.93. The summed E-state index contributed by atoms with van der Waals surface area (Å²) in [6, 6.07) is 4.77. The molecular weight excluding hydrogens is 402 g/mol. The van der Waals surface area contributed by atoms with Gasteiger partial charge in [0.2, 0.25) is 0 Å². The summed E-state index contributed by atoms with van der Waals surface area (Å²) >= 11 is 9.11. The van der Waals surface area contributed by atoms with Crippen molar-refractivity contribution >= 4 is 43.6 Å². The molecule has 1 aromatic carbocycles. The maximum absolute atomic E-state index is 5.51. The summed E-state index contributed by atoms with van der Waals surface area (Å²) in [6.07, 6.45) is 7.55. The SMILES string of the molecule is COc1c(Br)cc(Br)cc1CNC1CCCCC1SC. The van der Waals surface area contributed by atoms with E-state index < -0.39 is 0 Å². The standard InChI is InChI=1S/C15H21Br2NOS/c1-19-15-10(7-11(16)8-12(15)17)9-18-13-5-3-4-6-14(13)20-2/h7-8,13-14,18H,3-6,9H2,1-2H3. The molecule has 0 aromatic heterocycles. The van der Waals surface area contributed by atoms with Gasteiger partial charge in [0.05, 0.1) is 11.6 Å². The summed E-state index contributed by atoms with van der Waals surface area (Å²) in [5.41, 5.74) is 1.19. The molecule has 1 saturated carbocycles. The maximum atomic E-state index is 5.51. The Bertz CT molecular complexity index is 456. The fraction of sp³-hybridized carbons (Fsp3) is 0.600. The largest absolute Gasteiger partial charge is 0.495 e. The Morgan fingerprint density at radius 3 is 2.75 bits per heavy atom. The molecule has 1 aromatic rings. The fourth-order valence-electron chi connectivity index (χ4n) is 2.83. The molecule has 2 atom stereocenters. The molecule has 5 heteroatoms. The minimum atomic E-state index is 0.612. The summed E-state index contributed by atoms with van der Waals surface area (Å²) in [5.74, 6) is 0.928. The van der Waals surface area contributed by atoms with Crippen LogP contribution in [0.3, 0.4) is 0 Å². The van der Waals surface area contributed by atoms with Crippen LogP contribution in [0.2, 0.25) is 0 Å². The molecule has 2 rings (SSSR count). The topological polar surface area (TPSA) is 21.3 Å². The molecule has 20 heavy (non-hydrogen) atoms. The van der Waals surface area contributed by atoms with Gasteiger partial charge >= 0.3 is 0 Å². The maximum Gasteiger partial charge on any atom is 0.137 e. The van der Waals surface area contributed by atoms with Crippen molar-refractivity contribution in [2.75, 3.05) is 13.4 Å². The zero-order valence-corrected chi connectivity index (χ0v) is 15.9. The van der Waals surface area contributed by atoms with Gasteiger partial charge in [0, 0.05) is 27.9 Å². The van der Waals surface area contributed by atoms with E-state index in [1.807, 2.05) is 17.8 Å². The van der Waals surface area contributed by atoms with E-state index in [4.69, 9.17) is 4.74 Å². The van der Waals surface area contributed by atoms with E-state index in [1.165, 1.54) is 31.2 Å². The minimum Gasteiger partial charge on any atom is -0.495 e.